The molecule has 0 aliphatic rings. The van der Waals surface area contributed by atoms with E-state index in [0.717, 1.165) is 13.3 Å². The Morgan fingerprint density at radius 3 is 2.44 bits per heavy atom. The maximum absolute atomic E-state index is 12.5. The number of aromatic amines is 1. The summed E-state index contributed by atoms with van der Waals surface area (Å²) in [6, 6.07) is 0. The topological polar surface area (TPSA) is 102 Å². The van der Waals surface area contributed by atoms with Gasteiger partial charge in [0.05, 0.1) is 7.11 Å². The van der Waals surface area contributed by atoms with Crippen molar-refractivity contribution in [2.75, 3.05) is 7.11 Å². The molecule has 1 heterocycles. The molecule has 6 nitrogen and oxygen atoms in total. The van der Waals surface area contributed by atoms with Crippen molar-refractivity contribution < 1.29 is 21.9 Å². The largest absolute Gasteiger partial charge is 0.494 e. The molecular formula is C7H8F2N2O4S. The minimum atomic E-state index is -4.47. The maximum atomic E-state index is 12.5. The molecule has 0 radical (unpaired) electrons. The van der Waals surface area contributed by atoms with Gasteiger partial charge in [-0.25, -0.2) is 22.3 Å². The lowest BCUT2D eigenvalue weighted by Crippen LogP contribution is -2.23. The fourth-order valence-corrected chi connectivity index (χ4v) is 2.06. The zero-order chi connectivity index (χ0) is 12.5. The molecule has 0 saturated heterocycles. The summed E-state index contributed by atoms with van der Waals surface area (Å²) in [5, 5.41) is 4.75. The van der Waals surface area contributed by atoms with E-state index in [0.29, 0.717) is 0 Å². The van der Waals surface area contributed by atoms with Crippen molar-refractivity contribution in [3.05, 3.63) is 22.1 Å². The van der Waals surface area contributed by atoms with Gasteiger partial charge >= 0.3 is 0 Å². The fourth-order valence-electron chi connectivity index (χ4n) is 1.15. The van der Waals surface area contributed by atoms with Crippen LogP contribution in [0, 0.1) is 0 Å². The number of alkyl halides is 2. The van der Waals surface area contributed by atoms with Gasteiger partial charge in [0.1, 0.15) is 10.5 Å². The lowest BCUT2D eigenvalue weighted by Gasteiger charge is -2.10. The highest BCUT2D eigenvalue weighted by Gasteiger charge is 2.28. The first kappa shape index (κ1) is 12.6. The molecule has 0 atom stereocenters. The van der Waals surface area contributed by atoms with E-state index in [9.17, 15) is 22.0 Å². The van der Waals surface area contributed by atoms with E-state index in [1.54, 1.807) is 0 Å². The van der Waals surface area contributed by atoms with Crippen LogP contribution in [-0.2, 0) is 10.0 Å². The van der Waals surface area contributed by atoms with E-state index in [-0.39, 0.29) is 0 Å². The van der Waals surface area contributed by atoms with Crippen molar-refractivity contribution in [1.82, 2.24) is 4.98 Å². The summed E-state index contributed by atoms with van der Waals surface area (Å²) < 4.78 is 51.8. The highest BCUT2D eigenvalue weighted by molar-refractivity contribution is 7.89. The second-order valence-corrected chi connectivity index (χ2v) is 4.27. The van der Waals surface area contributed by atoms with Gasteiger partial charge in [-0.2, -0.15) is 0 Å². The first-order chi connectivity index (χ1) is 7.29. The predicted octanol–water partition coefficient (Wildman–Crippen LogP) is -0.0315. The zero-order valence-corrected chi connectivity index (χ0v) is 8.85. The SMILES string of the molecule is COc1c[nH]c(=O)c(C(F)F)c1S(N)(=O)=O. The lowest BCUT2D eigenvalue weighted by atomic mass is 10.3. The van der Waals surface area contributed by atoms with Crippen molar-refractivity contribution >= 4 is 10.0 Å². The molecule has 16 heavy (non-hydrogen) atoms. The Balaban J connectivity index is 3.77. The minimum absolute atomic E-state index is 0.433. The van der Waals surface area contributed by atoms with Crippen molar-refractivity contribution in [3.8, 4) is 5.75 Å². The molecule has 1 rings (SSSR count). The predicted molar refractivity (Wildman–Crippen MR) is 49.9 cm³/mol. The average Bonchev–Trinajstić information content (AvgIpc) is 2.15. The molecular weight excluding hydrogens is 246 g/mol. The second kappa shape index (κ2) is 4.18. The third-order valence-corrected chi connectivity index (χ3v) is 2.76. The van der Waals surface area contributed by atoms with E-state index >= 15 is 0 Å². The number of methoxy groups -OCH3 is 1. The van der Waals surface area contributed by atoms with Crippen LogP contribution in [-0.4, -0.2) is 20.5 Å². The smallest absolute Gasteiger partial charge is 0.270 e. The molecule has 3 N–H and O–H groups in total. The van der Waals surface area contributed by atoms with Gasteiger partial charge in [0, 0.05) is 6.20 Å². The van der Waals surface area contributed by atoms with Gasteiger partial charge < -0.3 is 9.72 Å². The number of halogens is 2. The van der Waals surface area contributed by atoms with Gasteiger partial charge in [0.15, 0.2) is 5.75 Å². The number of sulfonamides is 1. The van der Waals surface area contributed by atoms with E-state index in [1.807, 2.05) is 4.98 Å². The Hall–Kier alpha value is -1.48. The molecule has 1 aromatic rings. The number of nitrogens with two attached hydrogens (primary N) is 1. The quantitative estimate of drug-likeness (QED) is 0.790. The molecule has 0 aliphatic heterocycles. The van der Waals surface area contributed by atoms with Crippen LogP contribution in [0.1, 0.15) is 12.0 Å². The molecule has 0 spiro atoms. The Kier molecular flexibility index (Phi) is 3.29. The first-order valence-electron chi connectivity index (χ1n) is 3.89. The fraction of sp³-hybridized carbons (Fsp3) is 0.286. The Bertz CT molecular complexity index is 552. The first-order valence-corrected chi connectivity index (χ1v) is 5.44. The maximum Gasteiger partial charge on any atom is 0.270 e. The van der Waals surface area contributed by atoms with Crippen LogP contribution in [0.15, 0.2) is 15.9 Å². The Morgan fingerprint density at radius 2 is 2.06 bits per heavy atom. The number of hydrogen-bond donors (Lipinski definition) is 2. The van der Waals surface area contributed by atoms with E-state index in [2.05, 4.69) is 4.74 Å². The molecule has 0 aliphatic carbocycles. The third kappa shape index (κ3) is 2.19. The zero-order valence-electron chi connectivity index (χ0n) is 8.03. The van der Waals surface area contributed by atoms with Crippen LogP contribution >= 0.6 is 0 Å². The summed E-state index contributed by atoms with van der Waals surface area (Å²) in [7, 11) is -3.40. The van der Waals surface area contributed by atoms with Crippen molar-refractivity contribution in [2.45, 2.75) is 11.3 Å². The molecule has 0 bridgehead atoms. The Labute approximate surface area is 89.1 Å². The van der Waals surface area contributed by atoms with Gasteiger partial charge in [0.25, 0.3) is 12.0 Å². The number of aromatic nitrogens is 1. The molecule has 1 aromatic heterocycles. The summed E-state index contributed by atoms with van der Waals surface area (Å²) in [6.07, 6.45) is -2.42. The van der Waals surface area contributed by atoms with Crippen LogP contribution < -0.4 is 15.4 Å². The number of ether oxygens (including phenoxy) is 1. The van der Waals surface area contributed by atoms with Crippen molar-refractivity contribution in [2.24, 2.45) is 5.14 Å². The van der Waals surface area contributed by atoms with Gasteiger partial charge in [0.2, 0.25) is 10.0 Å². The summed E-state index contributed by atoms with van der Waals surface area (Å²) in [4.78, 5) is 12.0. The summed E-state index contributed by atoms with van der Waals surface area (Å²) in [5.74, 6) is -0.433. The molecule has 0 fully saturated rings. The monoisotopic (exact) mass is 254 g/mol. The number of primary sulfonamides is 1. The minimum Gasteiger partial charge on any atom is -0.494 e. The van der Waals surface area contributed by atoms with Gasteiger partial charge in [-0.3, -0.25) is 4.79 Å². The second-order valence-electron chi connectivity index (χ2n) is 2.77. The third-order valence-electron chi connectivity index (χ3n) is 1.77. The molecule has 0 aromatic carbocycles. The molecule has 0 saturated carbocycles. The number of nitrogens with one attached hydrogen (secondary N) is 1. The van der Waals surface area contributed by atoms with Crippen LogP contribution in [0.25, 0.3) is 0 Å². The Morgan fingerprint density at radius 1 is 1.50 bits per heavy atom. The van der Waals surface area contributed by atoms with E-state index < -0.39 is 38.2 Å². The highest BCUT2D eigenvalue weighted by Crippen LogP contribution is 2.29. The number of H-pyrrole nitrogens is 1. The molecule has 90 valence electrons. The standard InChI is InChI=1S/C7H8F2N2O4S/c1-15-3-2-11-7(12)4(6(8)9)5(3)16(10,13)14/h2,6H,1H3,(H,11,12)(H2,10,13,14). The van der Waals surface area contributed by atoms with Gasteiger partial charge in [-0.15, -0.1) is 0 Å². The number of hydrogen-bond acceptors (Lipinski definition) is 4. The van der Waals surface area contributed by atoms with Crippen LogP contribution in [0.2, 0.25) is 0 Å². The summed E-state index contributed by atoms with van der Waals surface area (Å²) in [6.45, 7) is 0. The number of pyridine rings is 1. The normalized spacial score (nSPS) is 11.8. The van der Waals surface area contributed by atoms with E-state index in [1.165, 1.54) is 0 Å². The van der Waals surface area contributed by atoms with Crippen LogP contribution in [0.3, 0.4) is 0 Å². The van der Waals surface area contributed by atoms with Gasteiger partial charge in [-0.1, -0.05) is 0 Å². The van der Waals surface area contributed by atoms with E-state index in [4.69, 9.17) is 5.14 Å². The van der Waals surface area contributed by atoms with Crippen LogP contribution in [0.4, 0.5) is 8.78 Å². The van der Waals surface area contributed by atoms with Crippen molar-refractivity contribution in [1.29, 1.82) is 0 Å². The lowest BCUT2D eigenvalue weighted by molar-refractivity contribution is 0.145. The van der Waals surface area contributed by atoms with Crippen LogP contribution in [0.5, 0.6) is 5.75 Å². The number of rotatable bonds is 3. The highest BCUT2D eigenvalue weighted by atomic mass is 32.2. The summed E-state index contributed by atoms with van der Waals surface area (Å²) in [5.41, 5.74) is -2.44. The van der Waals surface area contributed by atoms with Crippen molar-refractivity contribution in [3.63, 3.8) is 0 Å². The molecule has 9 heteroatoms. The molecule has 0 amide bonds. The molecule has 0 unspecified atom stereocenters. The van der Waals surface area contributed by atoms with Gasteiger partial charge in [-0.05, 0) is 0 Å². The summed E-state index contributed by atoms with van der Waals surface area (Å²) >= 11 is 0. The average molecular weight is 254 g/mol.